The summed E-state index contributed by atoms with van der Waals surface area (Å²) in [5.74, 6) is -1.20. The molecule has 0 unspecified atom stereocenters. The predicted molar refractivity (Wildman–Crippen MR) is 91.9 cm³/mol. The normalized spacial score (nSPS) is 11.6. The first-order chi connectivity index (χ1) is 12.8. The van der Waals surface area contributed by atoms with E-state index >= 15 is 0 Å². The van der Waals surface area contributed by atoms with Gasteiger partial charge in [-0.05, 0) is 42.3 Å². The van der Waals surface area contributed by atoms with Gasteiger partial charge in [-0.25, -0.2) is 4.39 Å². The number of alkyl halides is 3. The van der Waals surface area contributed by atoms with E-state index in [0.29, 0.717) is 13.0 Å². The van der Waals surface area contributed by atoms with Crippen LogP contribution in [-0.2, 0) is 17.4 Å². The molecule has 0 aromatic heterocycles. The Balaban J connectivity index is 1.95. The van der Waals surface area contributed by atoms with Crippen LogP contribution in [0, 0.1) is 17.1 Å². The van der Waals surface area contributed by atoms with Gasteiger partial charge in [-0.1, -0.05) is 18.2 Å². The van der Waals surface area contributed by atoms with Gasteiger partial charge in [-0.15, -0.1) is 0 Å². The smallest absolute Gasteiger partial charge is 0.389 e. The van der Waals surface area contributed by atoms with Gasteiger partial charge < -0.3 is 10.6 Å². The van der Waals surface area contributed by atoms with Crippen LogP contribution < -0.4 is 10.6 Å². The SMILES string of the molecule is N#C/C(=C/NCCc1cccc(F)c1)C(=O)Nc1cccc(C(F)(F)F)c1. The molecule has 1 amide bonds. The highest BCUT2D eigenvalue weighted by Gasteiger charge is 2.30. The number of nitriles is 1. The van der Waals surface area contributed by atoms with E-state index in [0.717, 1.165) is 23.8 Å². The van der Waals surface area contributed by atoms with Crippen LogP contribution in [0.4, 0.5) is 23.2 Å². The van der Waals surface area contributed by atoms with Gasteiger partial charge in [0.1, 0.15) is 17.5 Å². The summed E-state index contributed by atoms with van der Waals surface area (Å²) < 4.78 is 51.1. The maximum absolute atomic E-state index is 13.1. The molecule has 27 heavy (non-hydrogen) atoms. The fourth-order valence-corrected chi connectivity index (χ4v) is 2.20. The average Bonchev–Trinajstić information content (AvgIpc) is 2.61. The van der Waals surface area contributed by atoms with Crippen molar-refractivity contribution in [3.63, 3.8) is 0 Å². The summed E-state index contributed by atoms with van der Waals surface area (Å²) in [6, 6.07) is 11.8. The lowest BCUT2D eigenvalue weighted by Crippen LogP contribution is -2.18. The Morgan fingerprint density at radius 1 is 1.15 bits per heavy atom. The standard InChI is InChI=1S/C19H15F4N3O/c20-16-5-1-3-13(9-16)7-8-25-12-14(11-24)18(27)26-17-6-2-4-15(10-17)19(21,22)23/h1-6,9-10,12,25H,7-8H2,(H,26,27)/b14-12-. The number of amides is 1. The molecule has 2 aromatic rings. The van der Waals surface area contributed by atoms with E-state index in [1.807, 2.05) is 0 Å². The molecule has 0 bridgehead atoms. The number of hydrogen-bond donors (Lipinski definition) is 2. The van der Waals surface area contributed by atoms with Crippen molar-refractivity contribution < 1.29 is 22.4 Å². The van der Waals surface area contributed by atoms with Crippen molar-refractivity contribution in [2.24, 2.45) is 0 Å². The number of hydrogen-bond acceptors (Lipinski definition) is 3. The topological polar surface area (TPSA) is 64.9 Å². The van der Waals surface area contributed by atoms with Crippen LogP contribution in [0.5, 0.6) is 0 Å². The number of carbonyl (C=O) groups excluding carboxylic acids is 1. The van der Waals surface area contributed by atoms with E-state index in [1.54, 1.807) is 18.2 Å². The summed E-state index contributed by atoms with van der Waals surface area (Å²) in [4.78, 5) is 12.0. The molecular formula is C19H15F4N3O. The Morgan fingerprint density at radius 2 is 1.89 bits per heavy atom. The van der Waals surface area contributed by atoms with Gasteiger partial charge in [-0.2, -0.15) is 18.4 Å². The second kappa shape index (κ2) is 8.85. The van der Waals surface area contributed by atoms with Gasteiger partial charge in [0.2, 0.25) is 0 Å². The highest BCUT2D eigenvalue weighted by Crippen LogP contribution is 2.30. The van der Waals surface area contributed by atoms with Gasteiger partial charge in [-0.3, -0.25) is 4.79 Å². The molecular weight excluding hydrogens is 362 g/mol. The van der Waals surface area contributed by atoms with Crippen molar-refractivity contribution >= 4 is 11.6 Å². The number of anilines is 1. The number of nitrogens with zero attached hydrogens (tertiary/aromatic N) is 1. The quantitative estimate of drug-likeness (QED) is 0.346. The van der Waals surface area contributed by atoms with Crippen molar-refractivity contribution in [3.05, 3.63) is 77.2 Å². The molecule has 0 atom stereocenters. The first-order valence-corrected chi connectivity index (χ1v) is 7.86. The summed E-state index contributed by atoms with van der Waals surface area (Å²) in [7, 11) is 0. The fourth-order valence-electron chi connectivity index (χ4n) is 2.20. The third-order valence-electron chi connectivity index (χ3n) is 3.51. The molecule has 140 valence electrons. The zero-order valence-corrected chi connectivity index (χ0v) is 14.0. The number of rotatable bonds is 6. The lowest BCUT2D eigenvalue weighted by molar-refractivity contribution is -0.137. The second-order valence-corrected chi connectivity index (χ2v) is 5.54. The Bertz CT molecular complexity index is 885. The Hall–Kier alpha value is -3.34. The molecule has 0 heterocycles. The third-order valence-corrected chi connectivity index (χ3v) is 3.51. The van der Waals surface area contributed by atoms with Crippen LogP contribution in [0.25, 0.3) is 0 Å². The number of nitrogens with one attached hydrogen (secondary N) is 2. The summed E-state index contributed by atoms with van der Waals surface area (Å²) in [5.41, 5.74) is -0.541. The fraction of sp³-hybridized carbons (Fsp3) is 0.158. The van der Waals surface area contributed by atoms with E-state index in [2.05, 4.69) is 10.6 Å². The zero-order chi connectivity index (χ0) is 19.9. The summed E-state index contributed by atoms with van der Waals surface area (Å²) >= 11 is 0. The monoisotopic (exact) mass is 377 g/mol. The summed E-state index contributed by atoms with van der Waals surface area (Å²) in [6.07, 6.45) is -2.91. The third kappa shape index (κ3) is 6.15. The number of carbonyl (C=O) groups is 1. The van der Waals surface area contributed by atoms with Crippen LogP contribution in [-0.4, -0.2) is 12.5 Å². The van der Waals surface area contributed by atoms with Crippen molar-refractivity contribution in [3.8, 4) is 6.07 Å². The average molecular weight is 377 g/mol. The highest BCUT2D eigenvalue weighted by molar-refractivity contribution is 6.06. The van der Waals surface area contributed by atoms with Crippen LogP contribution in [0.1, 0.15) is 11.1 Å². The molecule has 0 aliphatic carbocycles. The molecule has 0 spiro atoms. The molecule has 2 N–H and O–H groups in total. The molecule has 0 saturated heterocycles. The molecule has 0 aliphatic heterocycles. The lowest BCUT2D eigenvalue weighted by Gasteiger charge is -2.09. The Kier molecular flexibility index (Phi) is 6.55. The van der Waals surface area contributed by atoms with Crippen LogP contribution in [0.2, 0.25) is 0 Å². The molecule has 2 rings (SSSR count). The highest BCUT2D eigenvalue weighted by atomic mass is 19.4. The minimum absolute atomic E-state index is 0.0734. The molecule has 0 aliphatic rings. The van der Waals surface area contributed by atoms with E-state index in [-0.39, 0.29) is 17.1 Å². The lowest BCUT2D eigenvalue weighted by atomic mass is 10.1. The van der Waals surface area contributed by atoms with Gasteiger partial charge in [0.05, 0.1) is 5.56 Å². The second-order valence-electron chi connectivity index (χ2n) is 5.54. The van der Waals surface area contributed by atoms with Gasteiger partial charge in [0.15, 0.2) is 0 Å². The number of halogens is 4. The molecule has 0 radical (unpaired) electrons. The molecule has 2 aromatic carbocycles. The molecule has 4 nitrogen and oxygen atoms in total. The van der Waals surface area contributed by atoms with Crippen molar-refractivity contribution in [2.75, 3.05) is 11.9 Å². The minimum Gasteiger partial charge on any atom is -0.389 e. The summed E-state index contributed by atoms with van der Waals surface area (Å²) in [5, 5.41) is 14.1. The predicted octanol–water partition coefficient (Wildman–Crippen LogP) is 4.02. The van der Waals surface area contributed by atoms with E-state index in [4.69, 9.17) is 5.26 Å². The molecule has 0 fully saturated rings. The van der Waals surface area contributed by atoms with Crippen molar-refractivity contribution in [1.82, 2.24) is 5.32 Å². The van der Waals surface area contributed by atoms with E-state index in [9.17, 15) is 22.4 Å². The summed E-state index contributed by atoms with van der Waals surface area (Å²) in [6.45, 7) is 0.339. The van der Waals surface area contributed by atoms with Crippen molar-refractivity contribution in [1.29, 1.82) is 5.26 Å². The van der Waals surface area contributed by atoms with Crippen LogP contribution in [0.3, 0.4) is 0 Å². The maximum Gasteiger partial charge on any atom is 0.416 e. The van der Waals surface area contributed by atoms with Gasteiger partial charge in [0, 0.05) is 18.4 Å². The first kappa shape index (κ1) is 20.0. The first-order valence-electron chi connectivity index (χ1n) is 7.86. The largest absolute Gasteiger partial charge is 0.416 e. The molecule has 0 saturated carbocycles. The maximum atomic E-state index is 13.1. The minimum atomic E-state index is -4.53. The Labute approximate surface area is 153 Å². The molecule has 8 heteroatoms. The Morgan fingerprint density at radius 3 is 2.56 bits per heavy atom. The van der Waals surface area contributed by atoms with E-state index < -0.39 is 17.6 Å². The van der Waals surface area contributed by atoms with Gasteiger partial charge >= 0.3 is 6.18 Å². The van der Waals surface area contributed by atoms with Crippen LogP contribution >= 0.6 is 0 Å². The number of benzene rings is 2. The van der Waals surface area contributed by atoms with Gasteiger partial charge in [0.25, 0.3) is 5.91 Å². The zero-order valence-electron chi connectivity index (χ0n) is 14.0. The van der Waals surface area contributed by atoms with Crippen LogP contribution in [0.15, 0.2) is 60.3 Å². The van der Waals surface area contributed by atoms with Crippen molar-refractivity contribution in [2.45, 2.75) is 12.6 Å². The van der Waals surface area contributed by atoms with E-state index in [1.165, 1.54) is 24.4 Å².